The molecule has 1 fully saturated rings. The van der Waals surface area contributed by atoms with Crippen molar-refractivity contribution in [3.63, 3.8) is 0 Å². The molecule has 0 aliphatic carbocycles. The van der Waals surface area contributed by atoms with Crippen molar-refractivity contribution in [3.8, 4) is 0 Å². The second-order valence-electron chi connectivity index (χ2n) is 6.95. The van der Waals surface area contributed by atoms with Crippen LogP contribution in [0.2, 0.25) is 0 Å². The highest BCUT2D eigenvalue weighted by Crippen LogP contribution is 2.19. The largest absolute Gasteiger partial charge is 0.317 e. The van der Waals surface area contributed by atoms with Crippen LogP contribution in [0, 0.1) is 5.92 Å². The number of rotatable bonds is 6. The smallest absolute Gasteiger partial charge is 0.166 e. The highest BCUT2D eigenvalue weighted by atomic mass is 16.1. The van der Waals surface area contributed by atoms with Crippen LogP contribution in [-0.4, -0.2) is 35.9 Å². The molecule has 1 aliphatic heterocycles. The molecule has 0 unspecified atom stereocenters. The van der Waals surface area contributed by atoms with Gasteiger partial charge in [-0.15, -0.1) is 0 Å². The number of carbonyl (C=O) groups is 1. The van der Waals surface area contributed by atoms with E-state index in [-0.39, 0.29) is 5.92 Å². The molecule has 2 rings (SSSR count). The third kappa shape index (κ3) is 4.40. The van der Waals surface area contributed by atoms with Gasteiger partial charge in [0.15, 0.2) is 5.78 Å². The number of hydrogen-bond acceptors (Lipinski definition) is 3. The number of Topliss-reactive ketones (excluding diaryl/α,β-unsaturated/α-hetero) is 1. The molecule has 0 aromatic heterocycles. The van der Waals surface area contributed by atoms with E-state index in [0.29, 0.717) is 17.9 Å². The van der Waals surface area contributed by atoms with Crippen LogP contribution in [0.3, 0.4) is 0 Å². The van der Waals surface area contributed by atoms with E-state index >= 15 is 0 Å². The van der Waals surface area contributed by atoms with E-state index in [1.807, 2.05) is 12.1 Å². The molecule has 1 aromatic rings. The van der Waals surface area contributed by atoms with Crippen LogP contribution in [-0.2, 0) is 6.54 Å². The van der Waals surface area contributed by atoms with Gasteiger partial charge in [-0.1, -0.05) is 24.3 Å². The van der Waals surface area contributed by atoms with Crippen LogP contribution in [0.25, 0.3) is 0 Å². The van der Waals surface area contributed by atoms with Gasteiger partial charge in [0.1, 0.15) is 0 Å². The van der Waals surface area contributed by atoms with Crippen LogP contribution < -0.4 is 5.32 Å². The average Bonchev–Trinajstić information content (AvgIpc) is 2.52. The zero-order valence-corrected chi connectivity index (χ0v) is 14.4. The van der Waals surface area contributed by atoms with Crippen molar-refractivity contribution >= 4 is 5.78 Å². The molecular weight excluding hydrogens is 272 g/mol. The summed E-state index contributed by atoms with van der Waals surface area (Å²) in [6, 6.07) is 9.31. The first kappa shape index (κ1) is 17.2. The van der Waals surface area contributed by atoms with Gasteiger partial charge in [0.2, 0.25) is 0 Å². The molecule has 1 saturated heterocycles. The summed E-state index contributed by atoms with van der Waals surface area (Å²) >= 11 is 0. The van der Waals surface area contributed by atoms with E-state index in [4.69, 9.17) is 0 Å². The Bertz CT molecular complexity index is 465. The average molecular weight is 302 g/mol. The fourth-order valence-corrected chi connectivity index (χ4v) is 3.27. The standard InChI is InChI=1S/C19H30N2O/c1-14(2)21(15(3)4)13-16-5-7-17(8-6-16)19(22)18-9-11-20-12-10-18/h5-8,14-15,18,20H,9-13H2,1-4H3. The minimum atomic E-state index is 0.204. The Balaban J connectivity index is 2.01. The normalized spacial score (nSPS) is 16.7. The molecule has 0 bridgehead atoms. The van der Waals surface area contributed by atoms with E-state index < -0.39 is 0 Å². The lowest BCUT2D eigenvalue weighted by molar-refractivity contribution is 0.0895. The van der Waals surface area contributed by atoms with Crippen LogP contribution in [0.4, 0.5) is 0 Å². The molecule has 0 saturated carbocycles. The Labute approximate surface area is 135 Å². The van der Waals surface area contributed by atoms with Crippen molar-refractivity contribution in [1.82, 2.24) is 10.2 Å². The second-order valence-corrected chi connectivity index (χ2v) is 6.95. The summed E-state index contributed by atoms with van der Waals surface area (Å²) in [7, 11) is 0. The van der Waals surface area contributed by atoms with Gasteiger partial charge in [-0.3, -0.25) is 9.69 Å². The topological polar surface area (TPSA) is 32.3 Å². The van der Waals surface area contributed by atoms with Crippen molar-refractivity contribution in [2.45, 2.75) is 59.2 Å². The van der Waals surface area contributed by atoms with Crippen molar-refractivity contribution in [2.24, 2.45) is 5.92 Å². The van der Waals surface area contributed by atoms with Gasteiger partial charge in [-0.05, 0) is 59.2 Å². The first-order valence-corrected chi connectivity index (χ1v) is 8.58. The summed E-state index contributed by atoms with van der Waals surface area (Å²) < 4.78 is 0. The maximum Gasteiger partial charge on any atom is 0.166 e. The Morgan fingerprint density at radius 2 is 1.64 bits per heavy atom. The van der Waals surface area contributed by atoms with E-state index in [0.717, 1.165) is 38.0 Å². The van der Waals surface area contributed by atoms with Gasteiger partial charge >= 0.3 is 0 Å². The lowest BCUT2D eigenvalue weighted by atomic mass is 9.89. The van der Waals surface area contributed by atoms with Gasteiger partial charge in [0.25, 0.3) is 0 Å². The molecule has 3 heteroatoms. The minimum Gasteiger partial charge on any atom is -0.317 e. The van der Waals surface area contributed by atoms with Crippen LogP contribution in [0.1, 0.15) is 56.5 Å². The molecule has 1 aliphatic rings. The Morgan fingerprint density at radius 3 is 2.14 bits per heavy atom. The third-order valence-electron chi connectivity index (χ3n) is 4.64. The van der Waals surface area contributed by atoms with Crippen molar-refractivity contribution in [2.75, 3.05) is 13.1 Å². The summed E-state index contributed by atoms with van der Waals surface area (Å²) in [5, 5.41) is 3.32. The summed E-state index contributed by atoms with van der Waals surface area (Å²) in [5.41, 5.74) is 2.15. The number of nitrogens with zero attached hydrogens (tertiary/aromatic N) is 1. The first-order chi connectivity index (χ1) is 10.5. The maximum absolute atomic E-state index is 12.5. The number of ketones is 1. The van der Waals surface area contributed by atoms with E-state index in [1.54, 1.807) is 0 Å². The highest BCUT2D eigenvalue weighted by Gasteiger charge is 2.22. The third-order valence-corrected chi connectivity index (χ3v) is 4.64. The summed E-state index contributed by atoms with van der Waals surface area (Å²) in [5.74, 6) is 0.521. The van der Waals surface area contributed by atoms with Crippen molar-refractivity contribution in [3.05, 3.63) is 35.4 Å². The SMILES string of the molecule is CC(C)N(Cc1ccc(C(=O)C2CCNCC2)cc1)C(C)C. The van der Waals surface area contributed by atoms with E-state index in [1.165, 1.54) is 5.56 Å². The Hall–Kier alpha value is -1.19. The monoisotopic (exact) mass is 302 g/mol. The Kier molecular flexibility index (Phi) is 6.16. The lowest BCUT2D eigenvalue weighted by Gasteiger charge is -2.30. The molecule has 1 heterocycles. The number of benzene rings is 1. The van der Waals surface area contributed by atoms with Gasteiger partial charge in [0, 0.05) is 30.1 Å². The molecule has 0 spiro atoms. The zero-order chi connectivity index (χ0) is 16.1. The van der Waals surface area contributed by atoms with Gasteiger partial charge in [-0.25, -0.2) is 0 Å². The number of carbonyl (C=O) groups excluding carboxylic acids is 1. The zero-order valence-electron chi connectivity index (χ0n) is 14.4. The molecule has 122 valence electrons. The fourth-order valence-electron chi connectivity index (χ4n) is 3.27. The van der Waals surface area contributed by atoms with Gasteiger partial charge in [0.05, 0.1) is 0 Å². The first-order valence-electron chi connectivity index (χ1n) is 8.58. The number of nitrogens with one attached hydrogen (secondary N) is 1. The molecule has 3 nitrogen and oxygen atoms in total. The van der Waals surface area contributed by atoms with Crippen molar-refractivity contribution in [1.29, 1.82) is 0 Å². The summed E-state index contributed by atoms with van der Waals surface area (Å²) in [6.07, 6.45) is 1.93. The second kappa shape index (κ2) is 7.89. The van der Waals surface area contributed by atoms with Crippen molar-refractivity contribution < 1.29 is 4.79 Å². The molecule has 1 N–H and O–H groups in total. The highest BCUT2D eigenvalue weighted by molar-refractivity contribution is 5.97. The molecule has 22 heavy (non-hydrogen) atoms. The van der Waals surface area contributed by atoms with E-state index in [2.05, 4.69) is 50.0 Å². The van der Waals surface area contributed by atoms with Gasteiger partial charge in [-0.2, -0.15) is 0 Å². The molecule has 1 aromatic carbocycles. The van der Waals surface area contributed by atoms with Crippen LogP contribution in [0.5, 0.6) is 0 Å². The number of piperidine rings is 1. The summed E-state index contributed by atoms with van der Waals surface area (Å²) in [4.78, 5) is 15.0. The fraction of sp³-hybridized carbons (Fsp3) is 0.632. The van der Waals surface area contributed by atoms with Crippen LogP contribution >= 0.6 is 0 Å². The Morgan fingerprint density at radius 1 is 1.09 bits per heavy atom. The molecule has 0 radical (unpaired) electrons. The van der Waals surface area contributed by atoms with E-state index in [9.17, 15) is 4.79 Å². The summed E-state index contributed by atoms with van der Waals surface area (Å²) in [6.45, 7) is 11.8. The molecule has 0 atom stereocenters. The molecular formula is C19H30N2O. The van der Waals surface area contributed by atoms with Gasteiger partial charge < -0.3 is 5.32 Å². The lowest BCUT2D eigenvalue weighted by Crippen LogP contribution is -2.36. The quantitative estimate of drug-likeness (QED) is 0.817. The minimum absolute atomic E-state index is 0.204. The maximum atomic E-state index is 12.5. The van der Waals surface area contributed by atoms with Crippen LogP contribution in [0.15, 0.2) is 24.3 Å². The molecule has 0 amide bonds. The predicted octanol–water partition coefficient (Wildman–Crippen LogP) is 3.49. The number of hydrogen-bond donors (Lipinski definition) is 1. The predicted molar refractivity (Wildman–Crippen MR) is 92.2 cm³/mol.